The molecule has 2 rings (SSSR count). The highest BCUT2D eigenvalue weighted by Crippen LogP contribution is 2.17. The molecule has 0 saturated carbocycles. The van der Waals surface area contributed by atoms with E-state index in [0.717, 1.165) is 36.7 Å². The Kier molecular flexibility index (Phi) is 4.27. The molecular formula is C13H9FN2O6S. The molecule has 0 fully saturated rings. The average Bonchev–Trinajstić information content (AvgIpc) is 2.98. The molecule has 8 nitrogen and oxygen atoms in total. The van der Waals surface area contributed by atoms with Crippen molar-refractivity contribution in [2.24, 2.45) is 0 Å². The van der Waals surface area contributed by atoms with Crippen LogP contribution in [0.4, 0.5) is 4.39 Å². The van der Waals surface area contributed by atoms with E-state index < -0.39 is 33.4 Å². The summed E-state index contributed by atoms with van der Waals surface area (Å²) >= 11 is 0. The number of rotatable bonds is 5. The van der Waals surface area contributed by atoms with Crippen molar-refractivity contribution < 1.29 is 32.6 Å². The Labute approximate surface area is 129 Å². The van der Waals surface area contributed by atoms with Crippen LogP contribution in [-0.2, 0) is 19.6 Å². The van der Waals surface area contributed by atoms with Crippen molar-refractivity contribution in [3.63, 3.8) is 0 Å². The van der Waals surface area contributed by atoms with Gasteiger partial charge in [-0.1, -0.05) is 0 Å². The lowest BCUT2D eigenvalue weighted by Gasteiger charge is -2.03. The highest BCUT2D eigenvalue weighted by Gasteiger charge is 2.19. The smallest absolute Gasteiger partial charge is 0.376 e. The second-order valence-electron chi connectivity index (χ2n) is 4.26. The number of aromatic nitrogens is 2. The van der Waals surface area contributed by atoms with E-state index in [0.29, 0.717) is 10.2 Å². The fourth-order valence-electron chi connectivity index (χ4n) is 1.55. The van der Waals surface area contributed by atoms with Gasteiger partial charge in [0.2, 0.25) is 0 Å². The molecule has 10 heteroatoms. The van der Waals surface area contributed by atoms with Crippen LogP contribution < -0.4 is 0 Å². The molecule has 0 atom stereocenters. The number of aliphatic hydroxyl groups is 1. The third-order valence-electron chi connectivity index (χ3n) is 2.69. The Morgan fingerprint density at radius 1 is 1.17 bits per heavy atom. The molecule has 23 heavy (non-hydrogen) atoms. The van der Waals surface area contributed by atoms with Crippen molar-refractivity contribution >= 4 is 27.5 Å². The summed E-state index contributed by atoms with van der Waals surface area (Å²) in [6.45, 7) is 0. The zero-order valence-electron chi connectivity index (χ0n) is 11.2. The Balaban J connectivity index is 2.37. The molecule has 0 aliphatic heterocycles. The second kappa shape index (κ2) is 6.01. The van der Waals surface area contributed by atoms with Crippen molar-refractivity contribution in [1.82, 2.24) is 9.19 Å². The third kappa shape index (κ3) is 3.43. The van der Waals surface area contributed by atoms with Crippen LogP contribution in [0, 0.1) is 5.82 Å². The minimum atomic E-state index is -4.11. The fourth-order valence-corrected chi connectivity index (χ4v) is 2.67. The van der Waals surface area contributed by atoms with Gasteiger partial charge in [0, 0.05) is 6.08 Å². The first kappa shape index (κ1) is 16.4. The maximum Gasteiger partial charge on any atom is 0.376 e. The lowest BCUT2D eigenvalue weighted by molar-refractivity contribution is -0.146. The Hall–Kier alpha value is -3.01. The number of hydrogen-bond donors (Lipinski definition) is 2. The number of halogens is 1. The van der Waals surface area contributed by atoms with Gasteiger partial charge in [-0.25, -0.2) is 9.18 Å². The van der Waals surface area contributed by atoms with Crippen molar-refractivity contribution in [2.75, 3.05) is 0 Å². The molecule has 2 N–H and O–H groups in total. The standard InChI is InChI=1S/C13H9FN2O6S/c14-9-1-3-10(4-2-9)23(21,22)16-7-8(6-15-16)11(17)5-12(18)13(19)20/h1-7,17H,(H,19,20). The van der Waals surface area contributed by atoms with E-state index in [1.807, 2.05) is 0 Å². The topological polar surface area (TPSA) is 127 Å². The molecule has 1 aromatic heterocycles. The average molecular weight is 340 g/mol. The van der Waals surface area contributed by atoms with Gasteiger partial charge in [-0.15, -0.1) is 0 Å². The van der Waals surface area contributed by atoms with Crippen LogP contribution in [0.5, 0.6) is 0 Å². The number of nitrogens with zero attached hydrogens (tertiary/aromatic N) is 2. The Bertz CT molecular complexity index is 899. The van der Waals surface area contributed by atoms with Crippen molar-refractivity contribution in [2.45, 2.75) is 4.90 Å². The van der Waals surface area contributed by atoms with Crippen LogP contribution in [0.1, 0.15) is 5.56 Å². The number of carboxylic acids is 1. The predicted molar refractivity (Wildman–Crippen MR) is 74.5 cm³/mol. The van der Waals surface area contributed by atoms with Crippen LogP contribution in [-0.4, -0.2) is 39.6 Å². The van der Waals surface area contributed by atoms with Gasteiger partial charge in [0.1, 0.15) is 11.6 Å². The van der Waals surface area contributed by atoms with E-state index in [-0.39, 0.29) is 10.5 Å². The van der Waals surface area contributed by atoms with E-state index >= 15 is 0 Å². The fraction of sp³-hybridized carbons (Fsp3) is 0. The maximum absolute atomic E-state index is 12.8. The van der Waals surface area contributed by atoms with Crippen LogP contribution in [0.15, 0.2) is 47.6 Å². The van der Waals surface area contributed by atoms with Gasteiger partial charge >= 0.3 is 5.97 Å². The van der Waals surface area contributed by atoms with E-state index in [1.165, 1.54) is 0 Å². The summed E-state index contributed by atoms with van der Waals surface area (Å²) < 4.78 is 37.8. The molecule has 1 heterocycles. The van der Waals surface area contributed by atoms with Crippen molar-refractivity contribution in [1.29, 1.82) is 0 Å². The summed E-state index contributed by atoms with van der Waals surface area (Å²) in [6, 6.07) is 3.99. The number of carbonyl (C=O) groups is 2. The minimum Gasteiger partial charge on any atom is -0.507 e. The largest absolute Gasteiger partial charge is 0.507 e. The summed E-state index contributed by atoms with van der Waals surface area (Å²) in [7, 11) is -4.11. The van der Waals surface area contributed by atoms with Gasteiger partial charge in [0.15, 0.2) is 0 Å². The van der Waals surface area contributed by atoms with Crippen molar-refractivity contribution in [3.05, 3.63) is 54.1 Å². The van der Waals surface area contributed by atoms with Crippen molar-refractivity contribution in [3.8, 4) is 0 Å². The summed E-state index contributed by atoms with van der Waals surface area (Å²) in [5.74, 6) is -4.52. The van der Waals surface area contributed by atoms with Crippen LogP contribution >= 0.6 is 0 Å². The number of carboxylic acid groups (broad SMARTS) is 1. The van der Waals surface area contributed by atoms with E-state index in [4.69, 9.17) is 5.11 Å². The number of aliphatic hydroxyl groups excluding tert-OH is 1. The second-order valence-corrected chi connectivity index (χ2v) is 6.06. The lowest BCUT2D eigenvalue weighted by atomic mass is 10.2. The molecule has 120 valence electrons. The van der Waals surface area contributed by atoms with E-state index in [1.54, 1.807) is 0 Å². The number of carbonyl (C=O) groups excluding carboxylic acids is 1. The molecule has 0 saturated heterocycles. The molecular weight excluding hydrogens is 331 g/mol. The van der Waals surface area contributed by atoms with Gasteiger partial charge in [-0.2, -0.15) is 17.6 Å². The first-order valence-electron chi connectivity index (χ1n) is 5.96. The monoisotopic (exact) mass is 340 g/mol. The van der Waals surface area contributed by atoms with Gasteiger partial charge < -0.3 is 10.2 Å². The quantitative estimate of drug-likeness (QED) is 0.468. The SMILES string of the molecule is O=C(O)C(=O)C=C(O)c1cnn(S(=O)(=O)c2ccc(F)cc2)c1. The van der Waals surface area contributed by atoms with Gasteiger partial charge in [-0.3, -0.25) is 4.79 Å². The zero-order chi connectivity index (χ0) is 17.2. The molecule has 0 unspecified atom stereocenters. The molecule has 1 aromatic carbocycles. The molecule has 0 bridgehead atoms. The number of hydrogen-bond acceptors (Lipinski definition) is 6. The highest BCUT2D eigenvalue weighted by atomic mass is 32.2. The van der Waals surface area contributed by atoms with Gasteiger partial charge in [0.05, 0.1) is 22.9 Å². The van der Waals surface area contributed by atoms with Crippen LogP contribution in [0.25, 0.3) is 5.76 Å². The number of aliphatic carboxylic acids is 1. The molecule has 0 aliphatic rings. The van der Waals surface area contributed by atoms with Crippen LogP contribution in [0.2, 0.25) is 0 Å². The normalized spacial score (nSPS) is 12.1. The Morgan fingerprint density at radius 2 is 1.78 bits per heavy atom. The van der Waals surface area contributed by atoms with E-state index in [9.17, 15) is 27.5 Å². The summed E-state index contributed by atoms with van der Waals surface area (Å²) in [4.78, 5) is 21.1. The van der Waals surface area contributed by atoms with Gasteiger partial charge in [0.25, 0.3) is 15.8 Å². The molecule has 0 amide bonds. The molecule has 0 radical (unpaired) electrons. The van der Waals surface area contributed by atoms with Crippen LogP contribution in [0.3, 0.4) is 0 Å². The molecule has 0 aliphatic carbocycles. The lowest BCUT2D eigenvalue weighted by Crippen LogP contribution is -2.13. The predicted octanol–water partition coefficient (Wildman–Crippen LogP) is 0.812. The summed E-state index contributed by atoms with van der Waals surface area (Å²) in [5, 5.41) is 21.6. The zero-order valence-corrected chi connectivity index (χ0v) is 12.1. The first-order chi connectivity index (χ1) is 10.7. The third-order valence-corrected chi connectivity index (χ3v) is 4.25. The number of benzene rings is 1. The first-order valence-corrected chi connectivity index (χ1v) is 7.40. The number of ketones is 1. The van der Waals surface area contributed by atoms with Gasteiger partial charge in [-0.05, 0) is 24.3 Å². The maximum atomic E-state index is 12.8. The Morgan fingerprint density at radius 3 is 2.35 bits per heavy atom. The molecule has 2 aromatic rings. The highest BCUT2D eigenvalue weighted by molar-refractivity contribution is 7.89. The van der Waals surface area contributed by atoms with E-state index in [2.05, 4.69) is 5.10 Å². The minimum absolute atomic E-state index is 0.176. The molecule has 0 spiro atoms. The summed E-state index contributed by atoms with van der Waals surface area (Å²) in [6.07, 6.45) is 2.25. The summed E-state index contributed by atoms with van der Waals surface area (Å²) in [5.41, 5.74) is -0.176.